The summed E-state index contributed by atoms with van der Waals surface area (Å²) < 4.78 is 0. The summed E-state index contributed by atoms with van der Waals surface area (Å²) in [5.74, 6) is -1.46. The van der Waals surface area contributed by atoms with Crippen LogP contribution in [0.15, 0.2) is 11.1 Å². The van der Waals surface area contributed by atoms with Crippen molar-refractivity contribution >= 4 is 33.1 Å². The third-order valence-electron chi connectivity index (χ3n) is 4.27. The van der Waals surface area contributed by atoms with E-state index in [-0.39, 0.29) is 45.1 Å². The zero-order chi connectivity index (χ0) is 21.2. The number of carbonyl (C=O) groups is 2. The average molecular weight is 487 g/mol. The van der Waals surface area contributed by atoms with Crippen LogP contribution >= 0.6 is 0 Å². The van der Waals surface area contributed by atoms with E-state index in [1.807, 2.05) is 0 Å². The first kappa shape index (κ1) is 28.7. The molecule has 0 heterocycles. The van der Waals surface area contributed by atoms with Crippen molar-refractivity contribution in [1.29, 1.82) is 0 Å². The Morgan fingerprint density at radius 2 is 0.963 bits per heavy atom. The van der Waals surface area contributed by atoms with Crippen molar-refractivity contribution in [2.45, 2.75) is 102 Å². The maximum absolute atomic E-state index is 11.3. The van der Waals surface area contributed by atoms with Gasteiger partial charge in [0.25, 0.3) is 0 Å². The molecule has 0 aromatic rings. The number of carboxylic acid groups (broad SMARTS) is 2. The molecule has 0 amide bonds. The van der Waals surface area contributed by atoms with Crippen LogP contribution in [0.2, 0.25) is 9.88 Å². The number of aliphatic carboxylic acids is 2. The Hall–Kier alpha value is -0.521. The number of carboxylic acids is 2. The van der Waals surface area contributed by atoms with Crippen molar-refractivity contribution in [3.8, 4) is 0 Å². The van der Waals surface area contributed by atoms with Crippen LogP contribution in [0.25, 0.3) is 0 Å². The van der Waals surface area contributed by atoms with Crippen molar-refractivity contribution in [3.05, 3.63) is 11.1 Å². The van der Waals surface area contributed by atoms with Crippen LogP contribution in [-0.4, -0.2) is 33.1 Å². The van der Waals surface area contributed by atoms with Gasteiger partial charge in [-0.3, -0.25) is 0 Å². The first-order valence-corrected chi connectivity index (χ1v) is 16.1. The SMILES string of the molecule is CC(C)CCCCC/C(C(=O)[O-])=C(\CCCCCC(C)C)C(=O)[O-].[CH3][Sn+2][CH3]. The molecule has 0 aliphatic carbocycles. The zero-order valence-electron chi connectivity index (χ0n) is 18.4. The number of carbonyl (C=O) groups excluding carboxylic acids is 2. The number of hydrogen-bond donors (Lipinski definition) is 0. The van der Waals surface area contributed by atoms with Gasteiger partial charge in [-0.25, -0.2) is 0 Å². The third kappa shape index (κ3) is 18.6. The Bertz CT molecular complexity index is 390. The third-order valence-corrected chi connectivity index (χ3v) is 4.27. The normalized spacial score (nSPS) is 11.6. The number of unbranched alkanes of at least 4 members (excludes halogenated alkanes) is 4. The maximum atomic E-state index is 11.3. The molecule has 0 radical (unpaired) electrons. The Morgan fingerprint density at radius 3 is 1.19 bits per heavy atom. The van der Waals surface area contributed by atoms with Gasteiger partial charge in [-0.15, -0.1) is 0 Å². The van der Waals surface area contributed by atoms with Gasteiger partial charge >= 0.3 is 31.0 Å². The van der Waals surface area contributed by atoms with Gasteiger partial charge in [0.05, 0.1) is 11.9 Å². The molecule has 0 rings (SSSR count). The topological polar surface area (TPSA) is 80.3 Å². The van der Waals surface area contributed by atoms with E-state index < -0.39 is 11.9 Å². The van der Waals surface area contributed by atoms with Gasteiger partial charge in [0.1, 0.15) is 0 Å². The summed E-state index contributed by atoms with van der Waals surface area (Å²) in [6, 6.07) is 0. The first-order chi connectivity index (χ1) is 12.7. The Kier molecular flexibility index (Phi) is 20.0. The van der Waals surface area contributed by atoms with E-state index in [4.69, 9.17) is 0 Å². The fourth-order valence-electron chi connectivity index (χ4n) is 2.81. The molecule has 0 aromatic carbocycles. The van der Waals surface area contributed by atoms with Crippen molar-refractivity contribution < 1.29 is 19.8 Å². The molecule has 0 saturated carbocycles. The fourth-order valence-corrected chi connectivity index (χ4v) is 2.81. The quantitative estimate of drug-likeness (QED) is 0.212. The molecule has 0 spiro atoms. The van der Waals surface area contributed by atoms with Gasteiger partial charge in [-0.05, 0) is 48.7 Å². The molecule has 156 valence electrons. The minimum atomic E-state index is -1.36. The summed E-state index contributed by atoms with van der Waals surface area (Å²) in [6.45, 7) is 8.61. The van der Waals surface area contributed by atoms with Crippen molar-refractivity contribution in [2.75, 3.05) is 0 Å². The van der Waals surface area contributed by atoms with Gasteiger partial charge in [-0.2, -0.15) is 0 Å². The summed E-state index contributed by atoms with van der Waals surface area (Å²) in [7, 11) is 0. The monoisotopic (exact) mass is 488 g/mol. The van der Waals surface area contributed by atoms with E-state index in [9.17, 15) is 19.8 Å². The molecule has 0 aromatic heterocycles. The Balaban J connectivity index is 0. The molecule has 4 nitrogen and oxygen atoms in total. The van der Waals surface area contributed by atoms with Gasteiger partial charge < -0.3 is 19.8 Å². The van der Waals surface area contributed by atoms with Crippen LogP contribution in [0, 0.1) is 11.8 Å². The van der Waals surface area contributed by atoms with E-state index in [0.717, 1.165) is 38.5 Å². The van der Waals surface area contributed by atoms with E-state index in [1.54, 1.807) is 0 Å². The molecule has 0 N–H and O–H groups in total. The van der Waals surface area contributed by atoms with Crippen LogP contribution in [0.3, 0.4) is 0 Å². The average Bonchev–Trinajstić information content (AvgIpc) is 2.54. The summed E-state index contributed by atoms with van der Waals surface area (Å²) in [4.78, 5) is 27.3. The number of rotatable bonds is 14. The van der Waals surface area contributed by atoms with E-state index >= 15 is 0 Å². The molecule has 0 fully saturated rings. The van der Waals surface area contributed by atoms with Gasteiger partial charge in [-0.1, -0.05) is 66.2 Å². The molecule has 0 aliphatic heterocycles. The van der Waals surface area contributed by atoms with E-state index in [2.05, 4.69) is 37.6 Å². The molecular weight excluding hydrogens is 447 g/mol. The van der Waals surface area contributed by atoms with Crippen molar-refractivity contribution in [3.63, 3.8) is 0 Å². The van der Waals surface area contributed by atoms with Crippen LogP contribution < -0.4 is 10.2 Å². The Morgan fingerprint density at radius 1 is 0.667 bits per heavy atom. The van der Waals surface area contributed by atoms with Crippen molar-refractivity contribution in [2.24, 2.45) is 11.8 Å². The van der Waals surface area contributed by atoms with Crippen LogP contribution in [-0.2, 0) is 9.59 Å². The predicted octanol–water partition coefficient (Wildman–Crippen LogP) is 3.78. The van der Waals surface area contributed by atoms with Crippen LogP contribution in [0.1, 0.15) is 91.9 Å². The number of hydrogen-bond acceptors (Lipinski definition) is 4. The second kappa shape index (κ2) is 18.8. The predicted molar refractivity (Wildman–Crippen MR) is 110 cm³/mol. The second-order valence-electron chi connectivity index (χ2n) is 8.02. The Labute approximate surface area is 177 Å². The molecule has 27 heavy (non-hydrogen) atoms. The van der Waals surface area contributed by atoms with Gasteiger partial charge in [0.2, 0.25) is 0 Å². The summed E-state index contributed by atoms with van der Waals surface area (Å²) in [5.41, 5.74) is -0.133. The molecule has 0 aliphatic rings. The summed E-state index contributed by atoms with van der Waals surface area (Å²) >= 11 is 0.230. The standard InChI is InChI=1S/C20H36O4.2CH3.Sn/c1-15(2)11-7-5-9-13-17(19(21)22)18(20(23)24)14-10-6-8-12-16(3)4;;;/h15-16H,5-14H2,1-4H3,(H,21,22)(H,23,24);2*1H3;/q;;;+2/p-2/b18-17-;;;. The summed E-state index contributed by atoms with van der Waals surface area (Å²) in [5, 5.41) is 22.7. The van der Waals surface area contributed by atoms with Crippen molar-refractivity contribution in [1.82, 2.24) is 0 Å². The minimum absolute atomic E-state index is 0.0663. The zero-order valence-corrected chi connectivity index (χ0v) is 21.2. The molecule has 0 saturated heterocycles. The molecule has 0 unspecified atom stereocenters. The molecule has 0 bridgehead atoms. The van der Waals surface area contributed by atoms with Gasteiger partial charge in [0.15, 0.2) is 0 Å². The molecule has 5 heteroatoms. The van der Waals surface area contributed by atoms with Crippen LogP contribution in [0.5, 0.6) is 0 Å². The molecular formula is C22H40O4Sn. The van der Waals surface area contributed by atoms with E-state index in [0.29, 0.717) is 24.7 Å². The van der Waals surface area contributed by atoms with Gasteiger partial charge in [0, 0.05) is 0 Å². The van der Waals surface area contributed by atoms with Crippen LogP contribution in [0.4, 0.5) is 0 Å². The summed E-state index contributed by atoms with van der Waals surface area (Å²) in [6.07, 6.45) is 7.97. The fraction of sp³-hybridized carbons (Fsp3) is 0.818. The van der Waals surface area contributed by atoms with E-state index in [1.165, 1.54) is 0 Å². The first-order valence-electron chi connectivity index (χ1n) is 10.4. The molecule has 0 atom stereocenters. The second-order valence-corrected chi connectivity index (χ2v) is 10.9.